The van der Waals surface area contributed by atoms with Gasteiger partial charge in [0.25, 0.3) is 5.95 Å². The summed E-state index contributed by atoms with van der Waals surface area (Å²) in [6.07, 6.45) is 1.66. The molecule has 1 N–H and O–H groups in total. The van der Waals surface area contributed by atoms with Crippen molar-refractivity contribution < 1.29 is 5.11 Å². The van der Waals surface area contributed by atoms with Crippen molar-refractivity contribution in [1.82, 2.24) is 30.4 Å². The van der Waals surface area contributed by atoms with Gasteiger partial charge in [0.05, 0.1) is 10.6 Å². The molecule has 1 aromatic carbocycles. The van der Waals surface area contributed by atoms with Crippen LogP contribution in [0, 0.1) is 0 Å². The minimum absolute atomic E-state index is 0.00964. The first-order valence-electron chi connectivity index (χ1n) is 7.00. The summed E-state index contributed by atoms with van der Waals surface area (Å²) in [5, 5.41) is 32.0. The lowest BCUT2D eigenvalue weighted by Crippen LogP contribution is -2.18. The highest BCUT2D eigenvalue weighted by Gasteiger charge is 2.14. The van der Waals surface area contributed by atoms with Crippen molar-refractivity contribution in [3.05, 3.63) is 59.6 Å². The predicted octanol–water partition coefficient (Wildman–Crippen LogP) is 1.55. The van der Waals surface area contributed by atoms with Crippen molar-refractivity contribution in [2.24, 2.45) is 4.99 Å². The molecule has 0 aliphatic rings. The van der Waals surface area contributed by atoms with Crippen LogP contribution in [0.25, 0.3) is 16.3 Å². The summed E-state index contributed by atoms with van der Waals surface area (Å²) >= 11 is 1.50. The van der Waals surface area contributed by atoms with Crippen LogP contribution in [0.15, 0.2) is 59.0 Å². The molecule has 0 atom stereocenters. The average Bonchev–Trinajstić information content (AvgIpc) is 3.36. The van der Waals surface area contributed by atoms with Gasteiger partial charge in [-0.15, -0.1) is 16.4 Å². The number of nitrogens with one attached hydrogen (secondary N) is 1. The van der Waals surface area contributed by atoms with E-state index in [1.807, 2.05) is 47.8 Å². The second-order valence-corrected chi connectivity index (χ2v) is 5.73. The monoisotopic (exact) mass is 336 g/mol. The number of benzene rings is 1. The molecule has 0 saturated heterocycles. The average molecular weight is 336 g/mol. The number of hydrogen-bond donors (Lipinski definition) is 1. The van der Waals surface area contributed by atoms with E-state index in [0.717, 1.165) is 10.6 Å². The van der Waals surface area contributed by atoms with Crippen molar-refractivity contribution in [3.8, 4) is 16.3 Å². The van der Waals surface area contributed by atoms with E-state index in [-0.39, 0.29) is 5.95 Å². The Hall–Kier alpha value is -3.33. The maximum Gasteiger partial charge on any atom is 0.288 e. The van der Waals surface area contributed by atoms with Crippen molar-refractivity contribution >= 4 is 23.2 Å². The Bertz CT molecular complexity index is 959. The normalized spacial score (nSPS) is 11.8. The molecule has 118 valence electrons. The Balaban J connectivity index is 1.84. The quantitative estimate of drug-likeness (QED) is 0.449. The summed E-state index contributed by atoms with van der Waals surface area (Å²) in [6, 6.07) is 13.4. The van der Waals surface area contributed by atoms with Gasteiger partial charge in [-0.3, -0.25) is 0 Å². The zero-order chi connectivity index (χ0) is 16.4. The van der Waals surface area contributed by atoms with Gasteiger partial charge in [-0.2, -0.15) is 10.3 Å². The number of H-pyrrole nitrogens is 1. The molecule has 9 heteroatoms. The minimum Gasteiger partial charge on any atom is -0.858 e. The molecule has 0 spiro atoms. The van der Waals surface area contributed by atoms with Gasteiger partial charge in [0.1, 0.15) is 5.69 Å². The van der Waals surface area contributed by atoms with Gasteiger partial charge in [-0.05, 0) is 28.8 Å². The molecule has 0 aliphatic heterocycles. The first-order valence-corrected chi connectivity index (χ1v) is 7.88. The largest absolute Gasteiger partial charge is 0.858 e. The molecule has 8 nitrogen and oxygen atoms in total. The number of aromatic amines is 1. The molecule has 4 aromatic rings. The van der Waals surface area contributed by atoms with E-state index in [0.29, 0.717) is 11.3 Å². The molecular weight excluding hydrogens is 326 g/mol. The first kappa shape index (κ1) is 14.3. The third kappa shape index (κ3) is 2.68. The number of nitrogens with zero attached hydrogens (tertiary/aromatic N) is 6. The van der Waals surface area contributed by atoms with Crippen molar-refractivity contribution in [1.29, 1.82) is 0 Å². The second-order valence-electron chi connectivity index (χ2n) is 4.78. The topological polar surface area (TPSA) is 108 Å². The molecule has 24 heavy (non-hydrogen) atoms. The number of para-hydroxylation sites is 1. The van der Waals surface area contributed by atoms with Crippen molar-refractivity contribution in [3.63, 3.8) is 0 Å². The number of hydrogen-bond acceptors (Lipinski definition) is 7. The Labute approximate surface area is 140 Å². The fourth-order valence-electron chi connectivity index (χ4n) is 2.19. The Kier molecular flexibility index (Phi) is 3.60. The number of tetrazole rings is 1. The van der Waals surface area contributed by atoms with E-state index >= 15 is 0 Å². The molecule has 0 saturated carbocycles. The summed E-state index contributed by atoms with van der Waals surface area (Å²) in [7, 11) is 0. The predicted molar refractivity (Wildman–Crippen MR) is 87.3 cm³/mol. The van der Waals surface area contributed by atoms with E-state index in [1.54, 1.807) is 10.9 Å². The highest BCUT2D eigenvalue weighted by molar-refractivity contribution is 7.13. The summed E-state index contributed by atoms with van der Waals surface area (Å²) in [5.41, 5.74) is 1.81. The standard InChI is InChI=1S/C15H11N7OS/c23-14(16-15-17-20-21-18-15)11-9-22(10-5-2-1-3-6-10)19-13(11)12-7-4-8-24-12/h1-9H,(H2,16,17,18,20,21,23)/p-1. The Morgan fingerprint density at radius 2 is 2.04 bits per heavy atom. The van der Waals surface area contributed by atoms with Crippen LogP contribution in [0.5, 0.6) is 0 Å². The molecule has 3 aromatic heterocycles. The van der Waals surface area contributed by atoms with Crippen LogP contribution < -0.4 is 5.11 Å². The number of rotatable bonds is 4. The van der Waals surface area contributed by atoms with E-state index in [2.05, 4.69) is 30.7 Å². The highest BCUT2D eigenvalue weighted by Crippen LogP contribution is 2.27. The molecular formula is C15H10N7OS-. The van der Waals surface area contributed by atoms with Gasteiger partial charge < -0.3 is 5.11 Å². The Morgan fingerprint density at radius 1 is 1.17 bits per heavy atom. The number of aromatic nitrogens is 6. The van der Waals surface area contributed by atoms with E-state index in [1.165, 1.54) is 11.3 Å². The van der Waals surface area contributed by atoms with Gasteiger partial charge in [0, 0.05) is 17.7 Å². The number of aliphatic imine (C=N–C) groups is 1. The van der Waals surface area contributed by atoms with Crippen molar-refractivity contribution in [2.45, 2.75) is 0 Å². The van der Waals surface area contributed by atoms with Crippen LogP contribution in [0.4, 0.5) is 5.95 Å². The highest BCUT2D eigenvalue weighted by atomic mass is 32.1. The zero-order valence-electron chi connectivity index (χ0n) is 12.2. The molecule has 0 aliphatic carbocycles. The summed E-state index contributed by atoms with van der Waals surface area (Å²) < 4.78 is 1.66. The van der Waals surface area contributed by atoms with Crippen LogP contribution in [0.3, 0.4) is 0 Å². The summed E-state index contributed by atoms with van der Waals surface area (Å²) in [6.45, 7) is 0. The van der Waals surface area contributed by atoms with Gasteiger partial charge in [-0.25, -0.2) is 9.67 Å². The molecule has 3 heterocycles. The molecule has 0 radical (unpaired) electrons. The van der Waals surface area contributed by atoms with Crippen molar-refractivity contribution in [2.75, 3.05) is 0 Å². The lowest BCUT2D eigenvalue weighted by Gasteiger charge is -2.07. The fraction of sp³-hybridized carbons (Fsp3) is 0. The summed E-state index contributed by atoms with van der Waals surface area (Å²) in [4.78, 5) is 4.75. The van der Waals surface area contributed by atoms with E-state index in [4.69, 9.17) is 0 Å². The Morgan fingerprint density at radius 3 is 2.75 bits per heavy atom. The second kappa shape index (κ2) is 6.05. The van der Waals surface area contributed by atoms with Crippen LogP contribution in [-0.2, 0) is 0 Å². The molecule has 4 rings (SSSR count). The first-order chi connectivity index (χ1) is 11.8. The van der Waals surface area contributed by atoms with Crippen LogP contribution in [0.1, 0.15) is 5.56 Å². The summed E-state index contributed by atoms with van der Waals surface area (Å²) in [5.74, 6) is -0.480. The van der Waals surface area contributed by atoms with E-state index in [9.17, 15) is 5.11 Å². The third-order valence-corrected chi connectivity index (χ3v) is 4.13. The maximum absolute atomic E-state index is 12.5. The van der Waals surface area contributed by atoms with Gasteiger partial charge in [0.15, 0.2) is 0 Å². The third-order valence-electron chi connectivity index (χ3n) is 3.26. The maximum atomic E-state index is 12.5. The smallest absolute Gasteiger partial charge is 0.288 e. The minimum atomic E-state index is -0.470. The lowest BCUT2D eigenvalue weighted by atomic mass is 10.2. The SMILES string of the molecule is [O-]C(=Nc1nn[nH]n1)c1cn(-c2ccccc2)nc1-c1cccs1. The fourth-order valence-corrected chi connectivity index (χ4v) is 2.92. The number of thiophene rings is 1. The molecule has 0 amide bonds. The van der Waals surface area contributed by atoms with Gasteiger partial charge in [0.2, 0.25) is 0 Å². The zero-order valence-corrected chi connectivity index (χ0v) is 13.0. The van der Waals surface area contributed by atoms with Crippen LogP contribution in [0.2, 0.25) is 0 Å². The van der Waals surface area contributed by atoms with Crippen LogP contribution in [-0.4, -0.2) is 36.3 Å². The molecule has 0 unspecified atom stereocenters. The van der Waals surface area contributed by atoms with Gasteiger partial charge >= 0.3 is 0 Å². The van der Waals surface area contributed by atoms with Crippen LogP contribution >= 0.6 is 11.3 Å². The lowest BCUT2D eigenvalue weighted by molar-refractivity contribution is -0.212. The van der Waals surface area contributed by atoms with E-state index < -0.39 is 5.90 Å². The van der Waals surface area contributed by atoms with Gasteiger partial charge in [-0.1, -0.05) is 29.4 Å². The molecule has 0 fully saturated rings. The molecule has 0 bridgehead atoms.